The van der Waals surface area contributed by atoms with Crippen molar-refractivity contribution in [2.75, 3.05) is 0 Å². The number of rotatable bonds is 6. The Bertz CT molecular complexity index is 1080. The lowest BCUT2D eigenvalue weighted by Crippen LogP contribution is -2.12. The lowest BCUT2D eigenvalue weighted by atomic mass is 9.94. The molecule has 0 fully saturated rings. The van der Waals surface area contributed by atoms with E-state index in [2.05, 4.69) is 24.8 Å². The maximum atomic E-state index is 13.9. The van der Waals surface area contributed by atoms with Gasteiger partial charge in [-0.2, -0.15) is 12.6 Å². The summed E-state index contributed by atoms with van der Waals surface area (Å²) in [7, 11) is 0. The monoisotopic (exact) mass is 421 g/mol. The molecule has 30 heavy (non-hydrogen) atoms. The van der Waals surface area contributed by atoms with Crippen molar-refractivity contribution < 1.29 is 13.9 Å². The second-order valence-electron chi connectivity index (χ2n) is 7.73. The van der Waals surface area contributed by atoms with E-state index in [-0.39, 0.29) is 29.5 Å². The fourth-order valence-corrected chi connectivity index (χ4v) is 4.47. The number of halogens is 1. The molecule has 2 atom stereocenters. The van der Waals surface area contributed by atoms with Crippen LogP contribution in [0.2, 0.25) is 0 Å². The van der Waals surface area contributed by atoms with Gasteiger partial charge in [0, 0.05) is 11.7 Å². The van der Waals surface area contributed by atoms with Crippen LogP contribution in [-0.2, 0) is 11.2 Å². The van der Waals surface area contributed by atoms with Crippen LogP contribution in [0.1, 0.15) is 46.4 Å². The second-order valence-corrected chi connectivity index (χ2v) is 8.36. The molecule has 2 N–H and O–H groups in total. The number of fused-ring (bicyclic) bond motifs is 1. The quantitative estimate of drug-likeness (QED) is 0.501. The molecule has 1 aliphatic rings. The highest BCUT2D eigenvalue weighted by atomic mass is 32.1. The molecule has 0 bridgehead atoms. The van der Waals surface area contributed by atoms with Gasteiger partial charge in [0.25, 0.3) is 0 Å². The van der Waals surface area contributed by atoms with Crippen molar-refractivity contribution in [1.82, 2.24) is 0 Å². The van der Waals surface area contributed by atoms with E-state index in [0.29, 0.717) is 0 Å². The average Bonchev–Trinajstić information content (AvgIpc) is 3.13. The summed E-state index contributed by atoms with van der Waals surface area (Å²) in [5, 5.41) is -0.221. The first kappa shape index (κ1) is 20.5. The normalized spacial score (nSPS) is 16.2. The Kier molecular flexibility index (Phi) is 5.82. The Morgan fingerprint density at radius 2 is 1.93 bits per heavy atom. The van der Waals surface area contributed by atoms with Crippen LogP contribution in [0.5, 0.6) is 5.75 Å². The van der Waals surface area contributed by atoms with Crippen LogP contribution >= 0.6 is 12.6 Å². The summed E-state index contributed by atoms with van der Waals surface area (Å²) in [5.74, 6) is 0.170. The third-order valence-corrected chi connectivity index (χ3v) is 6.12. The van der Waals surface area contributed by atoms with E-state index in [9.17, 15) is 9.18 Å². The van der Waals surface area contributed by atoms with Gasteiger partial charge < -0.3 is 10.5 Å². The zero-order chi connectivity index (χ0) is 21.3. The molecule has 3 aromatic rings. The number of carbonyl (C=O) groups is 1. The van der Waals surface area contributed by atoms with Crippen molar-refractivity contribution in [3.63, 3.8) is 0 Å². The summed E-state index contributed by atoms with van der Waals surface area (Å²) < 4.78 is 20.1. The van der Waals surface area contributed by atoms with Crippen molar-refractivity contribution in [3.05, 3.63) is 88.7 Å². The highest BCUT2D eigenvalue weighted by Gasteiger charge is 2.27. The number of thiol groups is 1. The van der Waals surface area contributed by atoms with Crippen LogP contribution in [-0.4, -0.2) is 5.91 Å². The fraction of sp³-hybridized carbons (Fsp3) is 0.240. The minimum absolute atomic E-state index is 0.0444. The molecule has 0 saturated carbocycles. The van der Waals surface area contributed by atoms with E-state index in [1.54, 1.807) is 6.07 Å². The van der Waals surface area contributed by atoms with Crippen LogP contribution in [0.4, 0.5) is 4.39 Å². The van der Waals surface area contributed by atoms with Gasteiger partial charge in [-0.3, -0.25) is 4.79 Å². The number of amides is 1. The molecule has 3 nitrogen and oxygen atoms in total. The first-order valence-electron chi connectivity index (χ1n) is 10.0. The highest BCUT2D eigenvalue weighted by Crippen LogP contribution is 2.41. The topological polar surface area (TPSA) is 52.3 Å². The fourth-order valence-electron chi connectivity index (χ4n) is 4.12. The molecule has 3 aromatic carbocycles. The van der Waals surface area contributed by atoms with Crippen LogP contribution < -0.4 is 10.5 Å². The Hall–Kier alpha value is -2.79. The Labute approximate surface area is 181 Å². The molecule has 0 aliphatic heterocycles. The number of primary amides is 1. The van der Waals surface area contributed by atoms with Crippen molar-refractivity contribution >= 4 is 18.5 Å². The van der Waals surface area contributed by atoms with Gasteiger partial charge in [-0.05, 0) is 77.4 Å². The molecule has 1 unspecified atom stereocenters. The zero-order valence-electron chi connectivity index (χ0n) is 16.8. The second kappa shape index (κ2) is 8.52. The highest BCUT2D eigenvalue weighted by molar-refractivity contribution is 7.80. The number of benzene rings is 3. The van der Waals surface area contributed by atoms with Crippen LogP contribution in [0.3, 0.4) is 0 Å². The maximum Gasteiger partial charge on any atom is 0.218 e. The molecule has 4 rings (SSSR count). The van der Waals surface area contributed by atoms with E-state index in [1.807, 2.05) is 43.3 Å². The summed E-state index contributed by atoms with van der Waals surface area (Å²) in [6.07, 6.45) is 1.92. The average molecular weight is 422 g/mol. The minimum atomic E-state index is -0.373. The molecule has 1 amide bonds. The first-order valence-corrected chi connectivity index (χ1v) is 10.6. The molecule has 5 heteroatoms. The lowest BCUT2D eigenvalue weighted by molar-refractivity contribution is -0.118. The summed E-state index contributed by atoms with van der Waals surface area (Å²) in [4.78, 5) is 11.1. The summed E-state index contributed by atoms with van der Waals surface area (Å²) >= 11 is 4.44. The van der Waals surface area contributed by atoms with Gasteiger partial charge in [-0.15, -0.1) is 0 Å². The maximum absolute atomic E-state index is 13.9. The van der Waals surface area contributed by atoms with Gasteiger partial charge in [-0.1, -0.05) is 36.4 Å². The van der Waals surface area contributed by atoms with E-state index in [4.69, 9.17) is 10.5 Å². The van der Waals surface area contributed by atoms with Gasteiger partial charge in [0.05, 0.1) is 0 Å². The number of hydrogen-bond donors (Lipinski definition) is 2. The van der Waals surface area contributed by atoms with E-state index in [0.717, 1.165) is 46.4 Å². The van der Waals surface area contributed by atoms with Gasteiger partial charge in [0.2, 0.25) is 5.91 Å². The van der Waals surface area contributed by atoms with Crippen LogP contribution in [0.25, 0.3) is 11.1 Å². The summed E-state index contributed by atoms with van der Waals surface area (Å²) in [5.41, 5.74) is 11.6. The molecule has 0 spiro atoms. The Morgan fingerprint density at radius 1 is 1.17 bits per heavy atom. The molecule has 0 aromatic heterocycles. The summed E-state index contributed by atoms with van der Waals surface area (Å²) in [6, 6.07) is 18.7. The van der Waals surface area contributed by atoms with E-state index in [1.165, 1.54) is 11.6 Å². The Morgan fingerprint density at radius 3 is 2.67 bits per heavy atom. The zero-order valence-corrected chi connectivity index (χ0v) is 17.7. The molecular formula is C25H24FNO2S. The number of nitrogens with two attached hydrogens (primary N) is 1. The molecule has 1 aliphatic carbocycles. The number of hydrogen-bond acceptors (Lipinski definition) is 3. The van der Waals surface area contributed by atoms with Crippen molar-refractivity contribution in [3.8, 4) is 16.9 Å². The van der Waals surface area contributed by atoms with Crippen LogP contribution in [0, 0.1) is 12.7 Å². The van der Waals surface area contributed by atoms with Gasteiger partial charge in [0.15, 0.2) is 0 Å². The molecule has 0 saturated heterocycles. The molecular weight excluding hydrogens is 397 g/mol. The third kappa shape index (κ3) is 4.21. The van der Waals surface area contributed by atoms with E-state index >= 15 is 0 Å². The predicted octanol–water partition coefficient (Wildman–Crippen LogP) is 5.71. The van der Waals surface area contributed by atoms with Gasteiger partial charge in [0.1, 0.15) is 17.7 Å². The molecule has 0 radical (unpaired) electrons. The standard InChI is InChI=1S/C25H24FNO2S/c1-15-5-8-17(26)13-22(15)19-3-2-4-21-20(19)11-12-23(21)29-18-9-6-16(7-10-18)24(30)14-25(27)28/h2-10,13,23-24,30H,11-12,14H2,1H3,(H2,27,28)/t23-,24?/m1/s1. The third-order valence-electron chi connectivity index (χ3n) is 5.64. The van der Waals surface area contributed by atoms with Crippen molar-refractivity contribution in [1.29, 1.82) is 0 Å². The number of ether oxygens (including phenoxy) is 1. The SMILES string of the molecule is Cc1ccc(F)cc1-c1cccc2c1CC[C@H]2Oc1ccc(C(S)CC(N)=O)cc1. The van der Waals surface area contributed by atoms with Crippen LogP contribution in [0.15, 0.2) is 60.7 Å². The predicted molar refractivity (Wildman–Crippen MR) is 120 cm³/mol. The Balaban J connectivity index is 1.56. The van der Waals surface area contributed by atoms with E-state index < -0.39 is 0 Å². The number of aryl methyl sites for hydroxylation is 1. The lowest BCUT2D eigenvalue weighted by Gasteiger charge is -2.17. The van der Waals surface area contributed by atoms with Crippen molar-refractivity contribution in [2.24, 2.45) is 5.73 Å². The minimum Gasteiger partial charge on any atom is -0.486 e. The molecule has 0 heterocycles. The van der Waals surface area contributed by atoms with Crippen molar-refractivity contribution in [2.45, 2.75) is 37.5 Å². The summed E-state index contributed by atoms with van der Waals surface area (Å²) in [6.45, 7) is 2.01. The largest absolute Gasteiger partial charge is 0.486 e. The van der Waals surface area contributed by atoms with Gasteiger partial charge in [-0.25, -0.2) is 4.39 Å². The number of carbonyl (C=O) groups excluding carboxylic acids is 1. The smallest absolute Gasteiger partial charge is 0.218 e. The first-order chi connectivity index (χ1) is 14.4. The van der Waals surface area contributed by atoms with Gasteiger partial charge >= 0.3 is 0 Å². The molecule has 154 valence electrons.